The monoisotopic (exact) mass is 205 g/mol. The minimum atomic E-state index is -0.723. The Hall–Kier alpha value is -1.51. The number of benzene rings is 1. The summed E-state index contributed by atoms with van der Waals surface area (Å²) in [7, 11) is 1.97. The number of anilines is 1. The molecule has 0 radical (unpaired) electrons. The zero-order valence-electron chi connectivity index (χ0n) is 8.97. The molecular weight excluding hydrogens is 190 g/mol. The van der Waals surface area contributed by atoms with Gasteiger partial charge in [-0.3, -0.25) is 4.79 Å². The molecule has 2 unspecified atom stereocenters. The second-order valence-corrected chi connectivity index (χ2v) is 4.14. The van der Waals surface area contributed by atoms with Crippen LogP contribution in [0.15, 0.2) is 24.3 Å². The Morgan fingerprint density at radius 1 is 1.53 bits per heavy atom. The molecule has 0 saturated heterocycles. The van der Waals surface area contributed by atoms with Gasteiger partial charge in [-0.15, -0.1) is 0 Å². The molecule has 0 bridgehead atoms. The van der Waals surface area contributed by atoms with Gasteiger partial charge in [-0.05, 0) is 25.0 Å². The zero-order valence-corrected chi connectivity index (χ0v) is 8.97. The third-order valence-corrected chi connectivity index (χ3v) is 3.26. The molecular formula is C12H15NO2. The highest BCUT2D eigenvalue weighted by molar-refractivity contribution is 5.73. The SMILES string of the molecule is CC(C(=O)O)C1Cc2ccccc2N1C. The quantitative estimate of drug-likeness (QED) is 0.800. The van der Waals surface area contributed by atoms with Crippen LogP contribution in [0.3, 0.4) is 0 Å². The van der Waals surface area contributed by atoms with Gasteiger partial charge in [0, 0.05) is 18.8 Å². The van der Waals surface area contributed by atoms with Gasteiger partial charge < -0.3 is 10.0 Å². The number of nitrogens with zero attached hydrogens (tertiary/aromatic N) is 1. The van der Waals surface area contributed by atoms with E-state index in [2.05, 4.69) is 11.0 Å². The summed E-state index contributed by atoms with van der Waals surface area (Å²) in [5, 5.41) is 9.01. The number of carboxylic acids is 1. The Kier molecular flexibility index (Phi) is 2.39. The maximum Gasteiger partial charge on any atom is 0.308 e. The van der Waals surface area contributed by atoms with E-state index >= 15 is 0 Å². The van der Waals surface area contributed by atoms with E-state index in [1.165, 1.54) is 5.56 Å². The van der Waals surface area contributed by atoms with Gasteiger partial charge in [0.05, 0.1) is 5.92 Å². The molecule has 2 rings (SSSR count). The molecule has 0 aliphatic carbocycles. The number of para-hydroxylation sites is 1. The smallest absolute Gasteiger partial charge is 0.308 e. The van der Waals surface area contributed by atoms with Gasteiger partial charge in [-0.25, -0.2) is 0 Å². The van der Waals surface area contributed by atoms with E-state index in [-0.39, 0.29) is 12.0 Å². The van der Waals surface area contributed by atoms with Crippen molar-refractivity contribution in [3.05, 3.63) is 29.8 Å². The third-order valence-electron chi connectivity index (χ3n) is 3.26. The zero-order chi connectivity index (χ0) is 11.0. The van der Waals surface area contributed by atoms with Gasteiger partial charge in [0.25, 0.3) is 0 Å². The Balaban J connectivity index is 2.27. The highest BCUT2D eigenvalue weighted by Gasteiger charge is 2.33. The standard InChI is InChI=1S/C12H15NO2/c1-8(12(14)15)11-7-9-5-3-4-6-10(9)13(11)2/h3-6,8,11H,7H2,1-2H3,(H,14,15). The number of carbonyl (C=O) groups is 1. The summed E-state index contributed by atoms with van der Waals surface area (Å²) in [6.45, 7) is 1.77. The number of rotatable bonds is 2. The molecule has 3 nitrogen and oxygen atoms in total. The van der Waals surface area contributed by atoms with E-state index in [0.717, 1.165) is 12.1 Å². The lowest BCUT2D eigenvalue weighted by Crippen LogP contribution is -2.37. The lowest BCUT2D eigenvalue weighted by Gasteiger charge is -2.25. The summed E-state index contributed by atoms with van der Waals surface area (Å²) in [4.78, 5) is 13.0. The van der Waals surface area contributed by atoms with Gasteiger partial charge in [0.1, 0.15) is 0 Å². The summed E-state index contributed by atoms with van der Waals surface area (Å²) in [6, 6.07) is 8.19. The number of hydrogen-bond donors (Lipinski definition) is 1. The molecule has 0 fully saturated rings. The van der Waals surface area contributed by atoms with Crippen molar-refractivity contribution >= 4 is 11.7 Å². The Labute approximate surface area is 89.3 Å². The van der Waals surface area contributed by atoms with Crippen molar-refractivity contribution in [2.24, 2.45) is 5.92 Å². The molecule has 0 saturated carbocycles. The second-order valence-electron chi connectivity index (χ2n) is 4.14. The van der Waals surface area contributed by atoms with Gasteiger partial charge >= 0.3 is 5.97 Å². The molecule has 15 heavy (non-hydrogen) atoms. The predicted molar refractivity (Wildman–Crippen MR) is 59.1 cm³/mol. The van der Waals surface area contributed by atoms with E-state index in [1.54, 1.807) is 6.92 Å². The summed E-state index contributed by atoms with van der Waals surface area (Å²) in [5.74, 6) is -1.05. The Morgan fingerprint density at radius 2 is 2.20 bits per heavy atom. The first-order valence-electron chi connectivity index (χ1n) is 5.15. The number of fused-ring (bicyclic) bond motifs is 1. The molecule has 80 valence electrons. The maximum atomic E-state index is 11.0. The minimum absolute atomic E-state index is 0.0832. The van der Waals surface area contributed by atoms with Crippen LogP contribution in [0.1, 0.15) is 12.5 Å². The van der Waals surface area contributed by atoms with Crippen LogP contribution in [0.5, 0.6) is 0 Å². The number of carboxylic acid groups (broad SMARTS) is 1. The molecule has 1 heterocycles. The second kappa shape index (κ2) is 3.57. The van der Waals surface area contributed by atoms with Gasteiger partial charge in [0.2, 0.25) is 0 Å². The fourth-order valence-electron chi connectivity index (χ4n) is 2.25. The molecule has 2 atom stereocenters. The van der Waals surface area contributed by atoms with E-state index in [4.69, 9.17) is 5.11 Å². The fourth-order valence-corrected chi connectivity index (χ4v) is 2.25. The average molecular weight is 205 g/mol. The third kappa shape index (κ3) is 1.58. The first-order chi connectivity index (χ1) is 7.11. The van der Waals surface area contributed by atoms with E-state index in [1.807, 2.05) is 25.2 Å². The first-order valence-corrected chi connectivity index (χ1v) is 5.15. The molecule has 1 aromatic rings. The average Bonchev–Trinajstić information content (AvgIpc) is 2.56. The largest absolute Gasteiger partial charge is 0.481 e. The molecule has 1 aliphatic heterocycles. The van der Waals surface area contributed by atoms with Crippen LogP contribution in [-0.2, 0) is 11.2 Å². The molecule has 1 aliphatic rings. The van der Waals surface area contributed by atoms with Crippen molar-refractivity contribution in [3.8, 4) is 0 Å². The van der Waals surface area contributed by atoms with Crippen LogP contribution in [0.4, 0.5) is 5.69 Å². The molecule has 1 N–H and O–H groups in total. The van der Waals surface area contributed by atoms with Gasteiger partial charge in [-0.1, -0.05) is 18.2 Å². The Morgan fingerprint density at radius 3 is 2.80 bits per heavy atom. The van der Waals surface area contributed by atoms with Crippen molar-refractivity contribution in [3.63, 3.8) is 0 Å². The van der Waals surface area contributed by atoms with Gasteiger partial charge in [0.15, 0.2) is 0 Å². The summed E-state index contributed by atoms with van der Waals surface area (Å²) in [5.41, 5.74) is 2.41. The predicted octanol–water partition coefficient (Wildman–Crippen LogP) is 1.77. The van der Waals surface area contributed by atoms with Crippen molar-refractivity contribution in [1.82, 2.24) is 0 Å². The van der Waals surface area contributed by atoms with Gasteiger partial charge in [-0.2, -0.15) is 0 Å². The summed E-state index contributed by atoms with van der Waals surface area (Å²) < 4.78 is 0. The van der Waals surface area contributed by atoms with Crippen molar-refractivity contribution in [2.75, 3.05) is 11.9 Å². The van der Waals surface area contributed by atoms with Crippen LogP contribution >= 0.6 is 0 Å². The van der Waals surface area contributed by atoms with Crippen LogP contribution in [0.2, 0.25) is 0 Å². The highest BCUT2D eigenvalue weighted by Crippen LogP contribution is 2.33. The van der Waals surface area contributed by atoms with E-state index < -0.39 is 5.97 Å². The van der Waals surface area contributed by atoms with Crippen LogP contribution < -0.4 is 4.90 Å². The van der Waals surface area contributed by atoms with E-state index in [9.17, 15) is 4.79 Å². The summed E-state index contributed by atoms with van der Waals surface area (Å²) in [6.07, 6.45) is 0.833. The van der Waals surface area contributed by atoms with Crippen molar-refractivity contribution in [1.29, 1.82) is 0 Å². The normalized spacial score (nSPS) is 21.2. The number of aliphatic carboxylic acids is 1. The first kappa shape index (κ1) is 10.0. The molecule has 1 aromatic carbocycles. The molecule has 0 aromatic heterocycles. The molecule has 3 heteroatoms. The van der Waals surface area contributed by atoms with Crippen LogP contribution in [0, 0.1) is 5.92 Å². The molecule has 0 spiro atoms. The van der Waals surface area contributed by atoms with Crippen molar-refractivity contribution < 1.29 is 9.90 Å². The Bertz CT molecular complexity index is 389. The number of hydrogen-bond acceptors (Lipinski definition) is 2. The fraction of sp³-hybridized carbons (Fsp3) is 0.417. The minimum Gasteiger partial charge on any atom is -0.481 e. The lowest BCUT2D eigenvalue weighted by molar-refractivity contribution is -0.141. The lowest BCUT2D eigenvalue weighted by atomic mass is 9.98. The maximum absolute atomic E-state index is 11.0. The summed E-state index contributed by atoms with van der Waals surface area (Å²) >= 11 is 0. The highest BCUT2D eigenvalue weighted by atomic mass is 16.4. The van der Waals surface area contributed by atoms with Crippen molar-refractivity contribution in [2.45, 2.75) is 19.4 Å². The molecule has 0 amide bonds. The topological polar surface area (TPSA) is 40.5 Å². The van der Waals surface area contributed by atoms with Crippen LogP contribution in [0.25, 0.3) is 0 Å². The van der Waals surface area contributed by atoms with E-state index in [0.29, 0.717) is 0 Å². The van der Waals surface area contributed by atoms with Crippen LogP contribution in [-0.4, -0.2) is 24.2 Å². The number of likely N-dealkylation sites (N-methyl/N-ethyl adjacent to an activating group) is 1.